The highest BCUT2D eigenvalue weighted by molar-refractivity contribution is 7.99. The number of hydrogen-bond acceptors (Lipinski definition) is 9. The number of amides is 1. The highest BCUT2D eigenvalue weighted by atomic mass is 32.2. The van der Waals surface area contributed by atoms with Crippen molar-refractivity contribution in [3.8, 4) is 27.8 Å². The number of anilines is 1. The van der Waals surface area contributed by atoms with Crippen LogP contribution in [0.15, 0.2) is 64.2 Å². The van der Waals surface area contributed by atoms with E-state index in [1.807, 2.05) is 54.6 Å². The number of benzene rings is 2. The van der Waals surface area contributed by atoms with Crippen LogP contribution in [0.2, 0.25) is 0 Å². The van der Waals surface area contributed by atoms with E-state index in [0.29, 0.717) is 16.2 Å². The van der Waals surface area contributed by atoms with Gasteiger partial charge in [0.05, 0.1) is 12.9 Å². The third-order valence-corrected chi connectivity index (χ3v) is 5.47. The smallest absolute Gasteiger partial charge is 0.277 e. The summed E-state index contributed by atoms with van der Waals surface area (Å²) in [5.41, 5.74) is 1.73. The van der Waals surface area contributed by atoms with E-state index in [9.17, 15) is 4.79 Å². The molecule has 4 aromatic rings. The summed E-state index contributed by atoms with van der Waals surface area (Å²) in [4.78, 5) is 12.2. The van der Waals surface area contributed by atoms with E-state index < -0.39 is 0 Å². The van der Waals surface area contributed by atoms with Gasteiger partial charge in [0.25, 0.3) is 5.22 Å². The molecule has 0 radical (unpaired) electrons. The van der Waals surface area contributed by atoms with E-state index >= 15 is 0 Å². The minimum absolute atomic E-state index is 0.116. The number of methoxy groups -OCH3 is 1. The van der Waals surface area contributed by atoms with Gasteiger partial charge in [0.2, 0.25) is 16.9 Å². The van der Waals surface area contributed by atoms with Gasteiger partial charge in [-0.15, -0.1) is 20.4 Å². The van der Waals surface area contributed by atoms with Crippen LogP contribution in [0.5, 0.6) is 5.75 Å². The summed E-state index contributed by atoms with van der Waals surface area (Å²) >= 11 is 2.47. The molecule has 1 N–H and O–H groups in total. The Morgan fingerprint density at radius 2 is 1.83 bits per heavy atom. The summed E-state index contributed by atoms with van der Waals surface area (Å²) in [6.07, 6.45) is 0. The van der Waals surface area contributed by atoms with Crippen molar-refractivity contribution >= 4 is 34.1 Å². The molecule has 2 aromatic carbocycles. The van der Waals surface area contributed by atoms with Crippen LogP contribution in [0, 0.1) is 0 Å². The number of carbonyl (C=O) groups excluding carboxylic acids is 1. The lowest BCUT2D eigenvalue weighted by atomic mass is 10.2. The lowest BCUT2D eigenvalue weighted by molar-refractivity contribution is -0.113. The van der Waals surface area contributed by atoms with Crippen molar-refractivity contribution in [2.24, 2.45) is 0 Å². The normalized spacial score (nSPS) is 10.7. The summed E-state index contributed by atoms with van der Waals surface area (Å²) in [6.45, 7) is 0. The first-order chi connectivity index (χ1) is 14.2. The number of thioether (sulfide) groups is 1. The minimum Gasteiger partial charge on any atom is -0.497 e. The van der Waals surface area contributed by atoms with Crippen molar-refractivity contribution < 1.29 is 13.9 Å². The number of aromatic nitrogens is 4. The second-order valence-corrected chi connectivity index (χ2v) is 7.62. The Morgan fingerprint density at radius 3 is 2.59 bits per heavy atom. The van der Waals surface area contributed by atoms with E-state index in [0.717, 1.165) is 33.6 Å². The maximum absolute atomic E-state index is 12.2. The Hall–Kier alpha value is -3.24. The highest BCUT2D eigenvalue weighted by Crippen LogP contribution is 2.27. The maximum atomic E-state index is 12.2. The molecule has 0 aliphatic heterocycles. The Morgan fingerprint density at radius 1 is 1.03 bits per heavy atom. The van der Waals surface area contributed by atoms with Crippen molar-refractivity contribution in [3.05, 3.63) is 54.6 Å². The molecule has 0 saturated carbocycles. The third kappa shape index (κ3) is 4.79. The van der Waals surface area contributed by atoms with Crippen LogP contribution in [-0.4, -0.2) is 39.2 Å². The standard InChI is InChI=1S/C19H15N5O3S2/c1-26-14-9-7-12(8-10-14)16-21-24-19(27-16)28-11-15(25)20-18-23-22-17(29-18)13-5-3-2-4-6-13/h2-10H,11H2,1H3,(H,20,23,25). The van der Waals surface area contributed by atoms with Gasteiger partial charge in [-0.2, -0.15) is 0 Å². The maximum Gasteiger partial charge on any atom is 0.277 e. The van der Waals surface area contributed by atoms with E-state index in [1.165, 1.54) is 11.3 Å². The average Bonchev–Trinajstić information content (AvgIpc) is 3.43. The Bertz CT molecular complexity index is 1100. The lowest BCUT2D eigenvalue weighted by Gasteiger charge is -1.99. The fourth-order valence-electron chi connectivity index (χ4n) is 2.37. The number of ether oxygens (including phenoxy) is 1. The highest BCUT2D eigenvalue weighted by Gasteiger charge is 2.13. The van der Waals surface area contributed by atoms with Crippen LogP contribution in [-0.2, 0) is 4.79 Å². The molecule has 0 aliphatic carbocycles. The lowest BCUT2D eigenvalue weighted by Crippen LogP contribution is -2.13. The number of rotatable bonds is 7. The van der Waals surface area contributed by atoms with E-state index in [1.54, 1.807) is 7.11 Å². The van der Waals surface area contributed by atoms with Gasteiger partial charge >= 0.3 is 0 Å². The van der Waals surface area contributed by atoms with Crippen LogP contribution < -0.4 is 10.1 Å². The summed E-state index contributed by atoms with van der Waals surface area (Å²) in [5.74, 6) is 1.01. The summed E-state index contributed by atoms with van der Waals surface area (Å²) in [5, 5.41) is 20.3. The predicted molar refractivity (Wildman–Crippen MR) is 111 cm³/mol. The van der Waals surface area contributed by atoms with Crippen LogP contribution in [0.1, 0.15) is 0 Å². The Labute approximate surface area is 174 Å². The first kappa shape index (κ1) is 19.1. The van der Waals surface area contributed by atoms with Gasteiger partial charge in [0, 0.05) is 11.1 Å². The molecule has 0 saturated heterocycles. The van der Waals surface area contributed by atoms with E-state index in [4.69, 9.17) is 9.15 Å². The molecule has 8 nitrogen and oxygen atoms in total. The van der Waals surface area contributed by atoms with Crippen LogP contribution in [0.3, 0.4) is 0 Å². The molecule has 0 aliphatic rings. The van der Waals surface area contributed by atoms with Gasteiger partial charge in [0.15, 0.2) is 0 Å². The Kier molecular flexibility index (Phi) is 5.82. The van der Waals surface area contributed by atoms with Gasteiger partial charge < -0.3 is 9.15 Å². The molecule has 0 bridgehead atoms. The molecule has 10 heteroatoms. The van der Waals surface area contributed by atoms with E-state index in [-0.39, 0.29) is 11.7 Å². The SMILES string of the molecule is COc1ccc(-c2nnc(SCC(=O)Nc3nnc(-c4ccccc4)s3)o2)cc1. The molecule has 2 heterocycles. The largest absolute Gasteiger partial charge is 0.497 e. The molecule has 2 aromatic heterocycles. The molecule has 146 valence electrons. The minimum atomic E-state index is -0.227. The van der Waals surface area contributed by atoms with Gasteiger partial charge in [0.1, 0.15) is 10.8 Å². The van der Waals surface area contributed by atoms with Crippen molar-refractivity contribution in [1.82, 2.24) is 20.4 Å². The van der Waals surface area contributed by atoms with Crippen molar-refractivity contribution in [1.29, 1.82) is 0 Å². The fourth-order valence-corrected chi connectivity index (χ4v) is 3.70. The molecule has 4 rings (SSSR count). The van der Waals surface area contributed by atoms with Crippen molar-refractivity contribution in [2.45, 2.75) is 5.22 Å². The topological polar surface area (TPSA) is 103 Å². The summed E-state index contributed by atoms with van der Waals surface area (Å²) in [7, 11) is 1.60. The second-order valence-electron chi connectivity index (χ2n) is 5.72. The predicted octanol–water partition coefficient (Wildman–Crippen LogP) is 3.99. The van der Waals surface area contributed by atoms with Crippen LogP contribution >= 0.6 is 23.1 Å². The van der Waals surface area contributed by atoms with Crippen LogP contribution in [0.25, 0.3) is 22.0 Å². The van der Waals surface area contributed by atoms with Gasteiger partial charge in [-0.05, 0) is 24.3 Å². The molecule has 0 spiro atoms. The number of carbonyl (C=O) groups is 1. The zero-order valence-corrected chi connectivity index (χ0v) is 16.9. The number of nitrogens with zero attached hydrogens (tertiary/aromatic N) is 4. The molecule has 1 amide bonds. The number of nitrogens with one attached hydrogen (secondary N) is 1. The van der Waals surface area contributed by atoms with Crippen LogP contribution in [0.4, 0.5) is 5.13 Å². The van der Waals surface area contributed by atoms with E-state index in [2.05, 4.69) is 25.7 Å². The second kappa shape index (κ2) is 8.84. The fraction of sp³-hybridized carbons (Fsp3) is 0.105. The molecule has 0 atom stereocenters. The summed E-state index contributed by atoms with van der Waals surface area (Å²) in [6, 6.07) is 16.9. The molecule has 0 unspecified atom stereocenters. The number of hydrogen-bond donors (Lipinski definition) is 1. The zero-order valence-electron chi connectivity index (χ0n) is 15.2. The Balaban J connectivity index is 1.32. The first-order valence-corrected chi connectivity index (χ1v) is 10.3. The quantitative estimate of drug-likeness (QED) is 0.443. The monoisotopic (exact) mass is 425 g/mol. The van der Waals surface area contributed by atoms with Gasteiger partial charge in [-0.25, -0.2) is 0 Å². The molecular formula is C19H15N5O3S2. The third-order valence-electron chi connectivity index (χ3n) is 3.76. The van der Waals surface area contributed by atoms with Crippen molar-refractivity contribution in [2.75, 3.05) is 18.2 Å². The van der Waals surface area contributed by atoms with Gasteiger partial charge in [-0.1, -0.05) is 53.4 Å². The average molecular weight is 425 g/mol. The molecule has 29 heavy (non-hydrogen) atoms. The molecular weight excluding hydrogens is 410 g/mol. The first-order valence-electron chi connectivity index (χ1n) is 8.51. The summed E-state index contributed by atoms with van der Waals surface area (Å²) < 4.78 is 10.7. The zero-order chi connectivity index (χ0) is 20.1. The van der Waals surface area contributed by atoms with Crippen molar-refractivity contribution in [3.63, 3.8) is 0 Å². The van der Waals surface area contributed by atoms with Gasteiger partial charge in [-0.3, -0.25) is 10.1 Å². The molecule has 0 fully saturated rings.